The first-order valence-electron chi connectivity index (χ1n) is 11.3. The number of piperidine rings is 1. The van der Waals surface area contributed by atoms with E-state index in [0.717, 1.165) is 70.1 Å². The molecule has 0 unspecified atom stereocenters. The van der Waals surface area contributed by atoms with Gasteiger partial charge in [-0.3, -0.25) is 4.79 Å². The van der Waals surface area contributed by atoms with Crippen molar-refractivity contribution in [1.82, 2.24) is 29.7 Å². The van der Waals surface area contributed by atoms with Crippen molar-refractivity contribution in [2.24, 2.45) is 11.8 Å². The van der Waals surface area contributed by atoms with E-state index >= 15 is 0 Å². The molecule has 0 spiro atoms. The highest BCUT2D eigenvalue weighted by Gasteiger charge is 2.36. The van der Waals surface area contributed by atoms with E-state index in [0.29, 0.717) is 5.92 Å². The van der Waals surface area contributed by atoms with Gasteiger partial charge in [-0.05, 0) is 52.4 Å². The van der Waals surface area contributed by atoms with Crippen LogP contribution in [0.5, 0.6) is 0 Å². The van der Waals surface area contributed by atoms with Gasteiger partial charge in [0.05, 0.1) is 17.8 Å². The van der Waals surface area contributed by atoms with Crippen LogP contribution < -0.4 is 10.2 Å². The molecular formula is C22H33N7O. The number of hydrogen-bond acceptors (Lipinski definition) is 6. The third-order valence-electron chi connectivity index (χ3n) is 7.12. The third kappa shape index (κ3) is 3.78. The maximum Gasteiger partial charge on any atom is 0.226 e. The number of rotatable bonds is 4. The largest absolute Gasteiger partial charge is 0.355 e. The van der Waals surface area contributed by atoms with E-state index in [1.54, 1.807) is 0 Å². The van der Waals surface area contributed by atoms with Crippen LogP contribution in [0.15, 0.2) is 12.3 Å². The first-order chi connectivity index (χ1) is 14.6. The maximum absolute atomic E-state index is 12.7. The van der Waals surface area contributed by atoms with Gasteiger partial charge in [0.15, 0.2) is 5.65 Å². The third-order valence-corrected chi connectivity index (χ3v) is 7.12. The molecule has 8 nitrogen and oxygen atoms in total. The van der Waals surface area contributed by atoms with Crippen molar-refractivity contribution < 1.29 is 4.79 Å². The lowest BCUT2D eigenvalue weighted by molar-refractivity contribution is -0.126. The van der Waals surface area contributed by atoms with Crippen molar-refractivity contribution in [3.63, 3.8) is 0 Å². The van der Waals surface area contributed by atoms with E-state index in [2.05, 4.69) is 39.2 Å². The predicted octanol–water partition coefficient (Wildman–Crippen LogP) is 0.654. The Morgan fingerprint density at radius 3 is 2.63 bits per heavy atom. The molecule has 3 aliphatic heterocycles. The predicted molar refractivity (Wildman–Crippen MR) is 117 cm³/mol. The summed E-state index contributed by atoms with van der Waals surface area (Å²) in [6.07, 6.45) is 6.13. The van der Waals surface area contributed by atoms with Crippen LogP contribution in [0.25, 0.3) is 5.65 Å². The summed E-state index contributed by atoms with van der Waals surface area (Å²) in [4.78, 5) is 24.7. The van der Waals surface area contributed by atoms with Crippen molar-refractivity contribution in [3.8, 4) is 0 Å². The zero-order valence-electron chi connectivity index (χ0n) is 18.2. The molecule has 0 bridgehead atoms. The summed E-state index contributed by atoms with van der Waals surface area (Å²) in [5, 5.41) is 7.77. The van der Waals surface area contributed by atoms with Gasteiger partial charge in [-0.15, -0.1) is 0 Å². The van der Waals surface area contributed by atoms with Crippen LogP contribution in [0, 0.1) is 11.8 Å². The molecule has 0 radical (unpaired) electrons. The van der Waals surface area contributed by atoms with Crippen molar-refractivity contribution >= 4 is 17.4 Å². The second-order valence-corrected chi connectivity index (χ2v) is 9.36. The molecule has 0 aromatic carbocycles. The Morgan fingerprint density at radius 1 is 1.10 bits per heavy atom. The number of likely N-dealkylation sites (N-methyl/N-ethyl adjacent to an activating group) is 1. The zero-order valence-corrected chi connectivity index (χ0v) is 18.2. The van der Waals surface area contributed by atoms with E-state index in [9.17, 15) is 4.79 Å². The minimum Gasteiger partial charge on any atom is -0.355 e. The standard InChI is InChI=1S/C22H33N7O/c1-26-9-4-16(5-10-26)13-23-21(30)17-14-28(15-17)22-18-6-11-27(2)12-7-19(18)25-20-3-8-24-29(20)22/h3,8,16-17H,4-7,9-15H2,1-2H3,(H,23,30). The Labute approximate surface area is 178 Å². The smallest absolute Gasteiger partial charge is 0.226 e. The molecular weight excluding hydrogens is 378 g/mol. The van der Waals surface area contributed by atoms with Gasteiger partial charge >= 0.3 is 0 Å². The Kier molecular flexibility index (Phi) is 5.37. The summed E-state index contributed by atoms with van der Waals surface area (Å²) in [6, 6.07) is 1.98. The Morgan fingerprint density at radius 2 is 1.83 bits per heavy atom. The summed E-state index contributed by atoms with van der Waals surface area (Å²) < 4.78 is 1.97. The van der Waals surface area contributed by atoms with Crippen molar-refractivity contribution in [3.05, 3.63) is 23.5 Å². The summed E-state index contributed by atoms with van der Waals surface area (Å²) in [7, 11) is 4.34. The van der Waals surface area contributed by atoms with Crippen LogP contribution in [0.4, 0.5) is 5.82 Å². The fourth-order valence-corrected chi connectivity index (χ4v) is 4.98. The van der Waals surface area contributed by atoms with Crippen LogP contribution >= 0.6 is 0 Å². The van der Waals surface area contributed by atoms with Gasteiger partial charge < -0.3 is 20.0 Å². The van der Waals surface area contributed by atoms with Crippen molar-refractivity contribution in [2.75, 3.05) is 64.8 Å². The van der Waals surface area contributed by atoms with Gasteiger partial charge in [0.2, 0.25) is 5.91 Å². The molecule has 2 aromatic heterocycles. The lowest BCUT2D eigenvalue weighted by Crippen LogP contribution is -2.55. The summed E-state index contributed by atoms with van der Waals surface area (Å²) in [5.41, 5.74) is 3.40. The number of nitrogens with zero attached hydrogens (tertiary/aromatic N) is 6. The second-order valence-electron chi connectivity index (χ2n) is 9.36. The number of fused-ring (bicyclic) bond motifs is 2. The van der Waals surface area contributed by atoms with Crippen molar-refractivity contribution in [1.29, 1.82) is 0 Å². The molecule has 1 N–H and O–H groups in total. The normalized spacial score (nSPS) is 22.0. The second kappa shape index (κ2) is 8.15. The van der Waals surface area contributed by atoms with Gasteiger partial charge in [0.25, 0.3) is 0 Å². The highest BCUT2D eigenvalue weighted by molar-refractivity contribution is 5.82. The minimum absolute atomic E-state index is 0.0687. The number of amides is 1. The van der Waals surface area contributed by atoms with Gasteiger partial charge in [0, 0.05) is 50.8 Å². The molecule has 30 heavy (non-hydrogen) atoms. The van der Waals surface area contributed by atoms with Crippen LogP contribution in [0.1, 0.15) is 24.1 Å². The van der Waals surface area contributed by atoms with Gasteiger partial charge in [-0.25, -0.2) is 4.98 Å². The van der Waals surface area contributed by atoms with Crippen LogP contribution in [0.3, 0.4) is 0 Å². The molecule has 0 saturated carbocycles. The molecule has 0 aliphatic carbocycles. The molecule has 3 aliphatic rings. The summed E-state index contributed by atoms with van der Waals surface area (Å²) >= 11 is 0. The summed E-state index contributed by atoms with van der Waals surface area (Å²) in [5.74, 6) is 2.05. The first-order valence-corrected chi connectivity index (χ1v) is 11.3. The number of hydrogen-bond donors (Lipinski definition) is 1. The molecule has 5 rings (SSSR count). The highest BCUT2D eigenvalue weighted by atomic mass is 16.2. The number of nitrogens with one attached hydrogen (secondary N) is 1. The quantitative estimate of drug-likeness (QED) is 0.797. The van der Waals surface area contributed by atoms with E-state index in [4.69, 9.17) is 4.98 Å². The van der Waals surface area contributed by atoms with Gasteiger partial charge in [0.1, 0.15) is 5.82 Å². The molecule has 2 aromatic rings. The average molecular weight is 412 g/mol. The monoisotopic (exact) mass is 411 g/mol. The number of carbonyl (C=O) groups excluding carboxylic acids is 1. The Hall–Kier alpha value is -2.19. The Balaban J connectivity index is 1.26. The SMILES string of the molecule is CN1CCc2nc3ccnn3c(N3CC(C(=O)NCC4CCN(C)CC4)C3)c2CC1. The minimum atomic E-state index is 0.0687. The fraction of sp³-hybridized carbons (Fsp3) is 0.682. The van der Waals surface area contributed by atoms with E-state index in [1.807, 2.05) is 16.8 Å². The first kappa shape index (κ1) is 19.8. The van der Waals surface area contributed by atoms with E-state index < -0.39 is 0 Å². The van der Waals surface area contributed by atoms with E-state index in [1.165, 1.54) is 24.1 Å². The molecule has 8 heteroatoms. The number of likely N-dealkylation sites (tertiary alicyclic amines) is 1. The van der Waals surface area contributed by atoms with Crippen LogP contribution in [-0.2, 0) is 17.6 Å². The lowest BCUT2D eigenvalue weighted by Gasteiger charge is -2.41. The Bertz CT molecular complexity index is 912. The average Bonchev–Trinajstić information content (AvgIpc) is 3.09. The molecule has 162 valence electrons. The zero-order chi connectivity index (χ0) is 20.7. The molecule has 2 saturated heterocycles. The topological polar surface area (TPSA) is 69.0 Å². The number of aromatic nitrogens is 3. The van der Waals surface area contributed by atoms with E-state index in [-0.39, 0.29) is 11.8 Å². The molecule has 0 atom stereocenters. The fourth-order valence-electron chi connectivity index (χ4n) is 4.98. The highest BCUT2D eigenvalue weighted by Crippen LogP contribution is 2.32. The lowest BCUT2D eigenvalue weighted by atomic mass is 9.95. The molecule has 5 heterocycles. The van der Waals surface area contributed by atoms with Crippen LogP contribution in [-0.4, -0.2) is 90.2 Å². The van der Waals surface area contributed by atoms with Gasteiger partial charge in [-0.1, -0.05) is 0 Å². The maximum atomic E-state index is 12.7. The van der Waals surface area contributed by atoms with Crippen LogP contribution in [0.2, 0.25) is 0 Å². The number of anilines is 1. The number of carbonyl (C=O) groups is 1. The van der Waals surface area contributed by atoms with Gasteiger partial charge in [-0.2, -0.15) is 9.61 Å². The summed E-state index contributed by atoms with van der Waals surface area (Å²) in [6.45, 7) is 6.69. The molecule has 2 fully saturated rings. The molecule has 1 amide bonds. The van der Waals surface area contributed by atoms with Crippen molar-refractivity contribution in [2.45, 2.75) is 25.7 Å².